The Hall–Kier alpha value is -4.54. The predicted octanol–water partition coefficient (Wildman–Crippen LogP) is 10.4. The molecule has 0 aliphatic carbocycles. The van der Waals surface area contributed by atoms with E-state index < -0.39 is 18.6 Å². The van der Waals surface area contributed by atoms with Crippen molar-refractivity contribution in [3.63, 3.8) is 0 Å². The van der Waals surface area contributed by atoms with E-state index in [0.717, 1.165) is 33.4 Å². The Balaban J connectivity index is 1.99. The molecule has 0 heterocycles. The van der Waals surface area contributed by atoms with Gasteiger partial charge in [0.2, 0.25) is 0 Å². The molecule has 0 aromatic heterocycles. The maximum Gasteiger partial charge on any atom is 0.378 e. The summed E-state index contributed by atoms with van der Waals surface area (Å²) in [5.74, 6) is 0. The highest BCUT2D eigenvalue weighted by Gasteiger charge is 2.73. The molecule has 0 aliphatic rings. The minimum Gasteiger partial charge on any atom is -0.390 e. The molecule has 0 spiro atoms. The molecule has 6 aromatic carbocycles. The maximum absolute atomic E-state index is 7.92. The van der Waals surface area contributed by atoms with Crippen LogP contribution in [0, 0.1) is 0 Å². The third-order valence-electron chi connectivity index (χ3n) is 9.03. The summed E-state index contributed by atoms with van der Waals surface area (Å²) >= 11 is 0. The van der Waals surface area contributed by atoms with Gasteiger partial charge in [0.25, 0.3) is 0 Å². The van der Waals surface area contributed by atoms with Crippen LogP contribution in [0.5, 0.6) is 0 Å². The summed E-state index contributed by atoms with van der Waals surface area (Å²) in [6.45, 7) is 8.62. The van der Waals surface area contributed by atoms with E-state index in [2.05, 4.69) is 210 Å². The Morgan fingerprint density at radius 2 is 0.489 bits per heavy atom. The molecule has 6 rings (SSSR count). The van der Waals surface area contributed by atoms with Gasteiger partial charge in [0.05, 0.1) is 10.1 Å². The molecule has 0 unspecified atom stereocenters. The fourth-order valence-electron chi connectivity index (χ4n) is 7.60. The zero-order valence-corrected chi connectivity index (χ0v) is 28.8. The van der Waals surface area contributed by atoms with Gasteiger partial charge in [-0.1, -0.05) is 182 Å². The van der Waals surface area contributed by atoms with Crippen LogP contribution in [0.3, 0.4) is 0 Å². The highest BCUT2D eigenvalue weighted by molar-refractivity contribution is 6.77. The molecule has 236 valence electrons. The molecule has 6 aromatic rings. The van der Waals surface area contributed by atoms with Gasteiger partial charge < -0.3 is 8.85 Å². The first-order valence-electron chi connectivity index (χ1n) is 16.7. The van der Waals surface area contributed by atoms with Crippen molar-refractivity contribution in [1.82, 2.24) is 0 Å². The molecule has 0 atom stereocenters. The topological polar surface area (TPSA) is 18.5 Å². The van der Waals surface area contributed by atoms with E-state index in [1.54, 1.807) is 0 Å². The van der Waals surface area contributed by atoms with E-state index >= 15 is 0 Å². The van der Waals surface area contributed by atoms with Crippen LogP contribution in [0.1, 0.15) is 61.1 Å². The molecule has 3 heteroatoms. The third-order valence-corrected chi connectivity index (χ3v) is 14.3. The molecule has 0 N–H and O–H groups in total. The van der Waals surface area contributed by atoms with Gasteiger partial charge in [-0.15, -0.1) is 0 Å². The Labute approximate surface area is 281 Å². The molecule has 0 amide bonds. The maximum atomic E-state index is 7.92. The SMILES string of the molecule is CC(C)O[Si](OC(C)C)(C(c1ccccc1)(c1ccccc1)c1ccccc1)C(c1ccccc1)(c1ccccc1)c1ccccc1. The van der Waals surface area contributed by atoms with Gasteiger partial charge in [-0.3, -0.25) is 0 Å². The summed E-state index contributed by atoms with van der Waals surface area (Å²) in [5, 5.41) is -1.71. The lowest BCUT2D eigenvalue weighted by molar-refractivity contribution is 0.0790. The smallest absolute Gasteiger partial charge is 0.378 e. The molecule has 0 saturated carbocycles. The zero-order valence-electron chi connectivity index (χ0n) is 27.8. The summed E-state index contributed by atoms with van der Waals surface area (Å²) in [4.78, 5) is 0. The van der Waals surface area contributed by atoms with Gasteiger partial charge >= 0.3 is 8.56 Å². The Morgan fingerprint density at radius 1 is 0.319 bits per heavy atom. The second kappa shape index (κ2) is 14.1. The van der Waals surface area contributed by atoms with Crippen molar-refractivity contribution < 1.29 is 8.85 Å². The summed E-state index contributed by atoms with van der Waals surface area (Å²) in [5.41, 5.74) is 6.82. The Kier molecular flexibility index (Phi) is 9.70. The summed E-state index contributed by atoms with van der Waals surface area (Å²) in [7, 11) is -3.93. The number of rotatable bonds is 12. The minimum atomic E-state index is -3.93. The molecular formula is C44H44O2Si. The molecule has 0 aliphatic heterocycles. The molecule has 0 radical (unpaired) electrons. The van der Waals surface area contributed by atoms with Crippen LogP contribution in [0.25, 0.3) is 0 Å². The van der Waals surface area contributed by atoms with E-state index in [0.29, 0.717) is 0 Å². The van der Waals surface area contributed by atoms with Crippen LogP contribution in [-0.4, -0.2) is 20.8 Å². The van der Waals surface area contributed by atoms with Crippen molar-refractivity contribution in [2.45, 2.75) is 50.0 Å². The minimum absolute atomic E-state index is 0.161. The Bertz CT molecular complexity index is 1480. The molecular weight excluding hydrogens is 589 g/mol. The molecule has 0 fully saturated rings. The van der Waals surface area contributed by atoms with Crippen LogP contribution >= 0.6 is 0 Å². The molecule has 0 saturated heterocycles. The Morgan fingerprint density at radius 3 is 0.638 bits per heavy atom. The zero-order chi connectivity index (χ0) is 32.7. The van der Waals surface area contributed by atoms with Crippen molar-refractivity contribution in [2.24, 2.45) is 0 Å². The number of hydrogen-bond acceptors (Lipinski definition) is 2. The van der Waals surface area contributed by atoms with E-state index in [-0.39, 0.29) is 12.2 Å². The highest BCUT2D eigenvalue weighted by Crippen LogP contribution is 2.59. The largest absolute Gasteiger partial charge is 0.390 e. The summed E-state index contributed by atoms with van der Waals surface area (Å²) in [6.07, 6.45) is -0.321. The van der Waals surface area contributed by atoms with Crippen molar-refractivity contribution in [3.8, 4) is 0 Å². The van der Waals surface area contributed by atoms with E-state index in [1.807, 2.05) is 0 Å². The third kappa shape index (κ3) is 5.59. The van der Waals surface area contributed by atoms with Crippen molar-refractivity contribution in [2.75, 3.05) is 0 Å². The van der Waals surface area contributed by atoms with Crippen molar-refractivity contribution >= 4 is 8.56 Å². The first kappa shape index (κ1) is 32.4. The molecule has 2 nitrogen and oxygen atoms in total. The summed E-state index contributed by atoms with van der Waals surface area (Å²) < 4.78 is 15.8. The van der Waals surface area contributed by atoms with E-state index in [4.69, 9.17) is 8.85 Å². The van der Waals surface area contributed by atoms with Crippen molar-refractivity contribution in [3.05, 3.63) is 215 Å². The first-order chi connectivity index (χ1) is 23.0. The van der Waals surface area contributed by atoms with Gasteiger partial charge in [0.15, 0.2) is 0 Å². The standard InChI is InChI=1S/C44H44O2Si/c1-35(2)45-47(46-36(3)4,43(37-23-11-5-12-24-37,38-25-13-6-14-26-38)39-27-15-7-16-28-39)44(40-29-17-8-18-30-40,41-31-19-9-20-32-41)42-33-21-10-22-34-42/h5-36H,1-4H3. The monoisotopic (exact) mass is 632 g/mol. The first-order valence-corrected chi connectivity index (χ1v) is 18.5. The lowest BCUT2D eigenvalue weighted by Crippen LogP contribution is -2.75. The van der Waals surface area contributed by atoms with Gasteiger partial charge in [-0.25, -0.2) is 0 Å². The second-order valence-electron chi connectivity index (χ2n) is 12.6. The fraction of sp³-hybridized carbons (Fsp3) is 0.182. The van der Waals surface area contributed by atoms with Crippen LogP contribution < -0.4 is 0 Å². The predicted molar refractivity (Wildman–Crippen MR) is 197 cm³/mol. The average Bonchev–Trinajstić information content (AvgIpc) is 3.11. The van der Waals surface area contributed by atoms with E-state index in [1.165, 1.54) is 0 Å². The van der Waals surface area contributed by atoms with Gasteiger partial charge in [-0.2, -0.15) is 0 Å². The average molecular weight is 633 g/mol. The number of benzene rings is 6. The highest BCUT2D eigenvalue weighted by atomic mass is 28.4. The molecule has 0 bridgehead atoms. The fourth-order valence-corrected chi connectivity index (χ4v) is 13.5. The number of hydrogen-bond donors (Lipinski definition) is 0. The lowest BCUT2D eigenvalue weighted by atomic mass is 9.82. The van der Waals surface area contributed by atoms with Gasteiger partial charge in [-0.05, 0) is 61.1 Å². The van der Waals surface area contributed by atoms with Gasteiger partial charge in [0, 0.05) is 12.2 Å². The van der Waals surface area contributed by atoms with Crippen LogP contribution in [0.15, 0.2) is 182 Å². The van der Waals surface area contributed by atoms with Crippen LogP contribution in [0.2, 0.25) is 0 Å². The van der Waals surface area contributed by atoms with Crippen LogP contribution in [-0.2, 0) is 18.9 Å². The second-order valence-corrected chi connectivity index (χ2v) is 15.9. The molecule has 47 heavy (non-hydrogen) atoms. The van der Waals surface area contributed by atoms with Crippen LogP contribution in [0.4, 0.5) is 0 Å². The lowest BCUT2D eigenvalue weighted by Gasteiger charge is -2.59. The summed E-state index contributed by atoms with van der Waals surface area (Å²) in [6, 6.07) is 65.5. The van der Waals surface area contributed by atoms with E-state index in [9.17, 15) is 0 Å². The van der Waals surface area contributed by atoms with Gasteiger partial charge in [0.1, 0.15) is 0 Å². The van der Waals surface area contributed by atoms with Crippen molar-refractivity contribution in [1.29, 1.82) is 0 Å². The normalized spacial score (nSPS) is 12.4. The quantitative estimate of drug-likeness (QED) is 0.0987.